The summed E-state index contributed by atoms with van der Waals surface area (Å²) < 4.78 is 0. The molecule has 0 aromatic heterocycles. The smallest absolute Gasteiger partial charge is 0.150 e. The van der Waals surface area contributed by atoms with Gasteiger partial charge in [0, 0.05) is 26.1 Å². The van der Waals surface area contributed by atoms with Crippen LogP contribution in [0.1, 0.15) is 57.2 Å². The minimum atomic E-state index is -0.0344. The fourth-order valence-electron chi connectivity index (χ4n) is 5.66. The van der Waals surface area contributed by atoms with Crippen LogP contribution in [0.4, 0.5) is 0 Å². The Bertz CT molecular complexity index is 908. The van der Waals surface area contributed by atoms with E-state index in [9.17, 15) is 4.79 Å². The van der Waals surface area contributed by atoms with Gasteiger partial charge in [-0.3, -0.25) is 4.79 Å². The minimum absolute atomic E-state index is 0.0344. The Kier molecular flexibility index (Phi) is 7.17. The maximum atomic E-state index is 13.2. The van der Waals surface area contributed by atoms with Crippen molar-refractivity contribution in [3.05, 3.63) is 71.3 Å². The van der Waals surface area contributed by atoms with Gasteiger partial charge in [0.25, 0.3) is 0 Å². The van der Waals surface area contributed by atoms with Gasteiger partial charge in [-0.25, -0.2) is 0 Å². The maximum Gasteiger partial charge on any atom is 0.150 e. The third kappa shape index (κ3) is 5.00. The van der Waals surface area contributed by atoms with Gasteiger partial charge >= 0.3 is 0 Å². The van der Waals surface area contributed by atoms with Crippen molar-refractivity contribution in [3.8, 4) is 0 Å². The molecule has 2 aromatic rings. The normalized spacial score (nSPS) is 27.2. The second kappa shape index (κ2) is 9.89. The number of likely N-dealkylation sites (tertiary alicyclic amines) is 1. The van der Waals surface area contributed by atoms with E-state index in [4.69, 9.17) is 0 Å². The first kappa shape index (κ1) is 23.2. The number of carbonyl (C=O) groups excluding carboxylic acids is 1. The van der Waals surface area contributed by atoms with Gasteiger partial charge in [-0.15, -0.1) is 0 Å². The number of nitrogens with zero attached hydrogens (tertiary/aromatic N) is 1. The number of fused-ring (bicyclic) bond motifs is 1. The van der Waals surface area contributed by atoms with Gasteiger partial charge < -0.3 is 10.2 Å². The third-order valence-corrected chi connectivity index (χ3v) is 8.37. The second-order valence-corrected chi connectivity index (χ2v) is 10.8. The fraction of sp³-hybridized carbons (Fsp3) is 0.552. The molecular weight excluding hydrogens is 392 g/mol. The molecule has 3 heteroatoms. The first-order valence-electron chi connectivity index (χ1n) is 12.5. The number of ketones is 1. The SMILES string of the molecule is CC(C)[C@H](CC(=O)[C@H]1Cc2ccccc2CN1)CN1CC[C@@](C)(c2ccccc2)[C@@H](C)C1. The van der Waals surface area contributed by atoms with E-state index < -0.39 is 0 Å². The highest BCUT2D eigenvalue weighted by atomic mass is 16.1. The van der Waals surface area contributed by atoms with Crippen molar-refractivity contribution in [2.45, 2.75) is 65.0 Å². The highest BCUT2D eigenvalue weighted by molar-refractivity contribution is 5.85. The third-order valence-electron chi connectivity index (χ3n) is 8.37. The first-order chi connectivity index (χ1) is 15.4. The lowest BCUT2D eigenvalue weighted by molar-refractivity contribution is -0.122. The molecule has 2 heterocycles. The van der Waals surface area contributed by atoms with E-state index in [1.54, 1.807) is 0 Å². The maximum absolute atomic E-state index is 13.2. The lowest BCUT2D eigenvalue weighted by Crippen LogP contribution is -2.49. The van der Waals surface area contributed by atoms with Crippen LogP contribution in [0.3, 0.4) is 0 Å². The molecule has 172 valence electrons. The molecular formula is C29H40N2O. The van der Waals surface area contributed by atoms with Crippen molar-refractivity contribution in [2.24, 2.45) is 17.8 Å². The molecule has 3 nitrogen and oxygen atoms in total. The molecule has 2 aliphatic heterocycles. The average Bonchev–Trinajstić information content (AvgIpc) is 2.81. The van der Waals surface area contributed by atoms with Crippen LogP contribution in [-0.4, -0.2) is 36.4 Å². The van der Waals surface area contributed by atoms with Gasteiger partial charge in [0.05, 0.1) is 6.04 Å². The zero-order valence-corrected chi connectivity index (χ0v) is 20.3. The predicted octanol–water partition coefficient (Wildman–Crippen LogP) is 5.23. The van der Waals surface area contributed by atoms with E-state index in [1.807, 2.05) is 0 Å². The van der Waals surface area contributed by atoms with E-state index >= 15 is 0 Å². The number of nitrogens with one attached hydrogen (secondary N) is 1. The quantitative estimate of drug-likeness (QED) is 0.650. The Labute approximate surface area is 194 Å². The predicted molar refractivity (Wildman–Crippen MR) is 133 cm³/mol. The van der Waals surface area contributed by atoms with Crippen molar-refractivity contribution >= 4 is 5.78 Å². The molecule has 0 unspecified atom stereocenters. The van der Waals surface area contributed by atoms with Crippen molar-refractivity contribution in [1.29, 1.82) is 0 Å². The second-order valence-electron chi connectivity index (χ2n) is 10.8. The van der Waals surface area contributed by atoms with Gasteiger partial charge in [0.2, 0.25) is 0 Å². The van der Waals surface area contributed by atoms with Crippen LogP contribution in [0, 0.1) is 17.8 Å². The highest BCUT2D eigenvalue weighted by Gasteiger charge is 2.38. The summed E-state index contributed by atoms with van der Waals surface area (Å²) in [4.78, 5) is 15.9. The summed E-state index contributed by atoms with van der Waals surface area (Å²) in [7, 11) is 0. The summed E-state index contributed by atoms with van der Waals surface area (Å²) in [5.41, 5.74) is 4.36. The Balaban J connectivity index is 1.36. The minimum Gasteiger partial charge on any atom is -0.303 e. The van der Waals surface area contributed by atoms with E-state index in [1.165, 1.54) is 23.1 Å². The van der Waals surface area contributed by atoms with Gasteiger partial charge in [0.15, 0.2) is 0 Å². The van der Waals surface area contributed by atoms with Crippen LogP contribution in [0.2, 0.25) is 0 Å². The zero-order chi connectivity index (χ0) is 22.7. The molecule has 4 rings (SSSR count). The first-order valence-corrected chi connectivity index (χ1v) is 12.5. The summed E-state index contributed by atoms with van der Waals surface area (Å²) in [5, 5.41) is 3.50. The molecule has 0 bridgehead atoms. The molecule has 2 aliphatic rings. The standard InChI is InChI=1S/C29H40N2O/c1-21(2)25(17-28(32)27-16-23-10-8-9-11-24(23)18-30-27)20-31-15-14-29(4,22(3)19-31)26-12-6-5-7-13-26/h5-13,21-22,25,27,30H,14-20H2,1-4H3/t22-,25+,27+,29+/m0/s1. The number of hydrogen-bond donors (Lipinski definition) is 1. The Morgan fingerprint density at radius 1 is 1.09 bits per heavy atom. The summed E-state index contributed by atoms with van der Waals surface area (Å²) in [6.07, 6.45) is 2.69. The molecule has 0 saturated carbocycles. The van der Waals surface area contributed by atoms with Crippen molar-refractivity contribution in [1.82, 2.24) is 10.2 Å². The number of hydrogen-bond acceptors (Lipinski definition) is 3. The van der Waals surface area contributed by atoms with Crippen LogP contribution < -0.4 is 5.32 Å². The topological polar surface area (TPSA) is 32.3 Å². The molecule has 0 amide bonds. The summed E-state index contributed by atoms with van der Waals surface area (Å²) in [6.45, 7) is 13.5. The van der Waals surface area contributed by atoms with Crippen LogP contribution in [0.15, 0.2) is 54.6 Å². The summed E-state index contributed by atoms with van der Waals surface area (Å²) in [5.74, 6) is 1.90. The zero-order valence-electron chi connectivity index (χ0n) is 20.3. The van der Waals surface area contributed by atoms with Gasteiger partial charge in [-0.05, 0) is 59.2 Å². The number of Topliss-reactive ketones (excluding diaryl/α,β-unsaturated/α-hetero) is 1. The van der Waals surface area contributed by atoms with Crippen molar-refractivity contribution < 1.29 is 4.79 Å². The molecule has 1 saturated heterocycles. The lowest BCUT2D eigenvalue weighted by atomic mass is 9.68. The van der Waals surface area contributed by atoms with Crippen LogP contribution >= 0.6 is 0 Å². The molecule has 0 radical (unpaired) electrons. The van der Waals surface area contributed by atoms with Crippen LogP contribution in [0.25, 0.3) is 0 Å². The van der Waals surface area contributed by atoms with Crippen LogP contribution in [0.5, 0.6) is 0 Å². The molecule has 32 heavy (non-hydrogen) atoms. The van der Waals surface area contributed by atoms with Gasteiger partial charge in [-0.1, -0.05) is 82.3 Å². The number of piperidine rings is 1. The Morgan fingerprint density at radius 3 is 2.47 bits per heavy atom. The highest BCUT2D eigenvalue weighted by Crippen LogP contribution is 2.39. The summed E-state index contributed by atoms with van der Waals surface area (Å²) >= 11 is 0. The molecule has 1 fully saturated rings. The Hall–Kier alpha value is -1.97. The average molecular weight is 433 g/mol. The molecule has 4 atom stereocenters. The fourth-order valence-corrected chi connectivity index (χ4v) is 5.66. The number of carbonyl (C=O) groups is 1. The largest absolute Gasteiger partial charge is 0.303 e. The van der Waals surface area contributed by atoms with Crippen LogP contribution in [-0.2, 0) is 23.2 Å². The monoisotopic (exact) mass is 432 g/mol. The Morgan fingerprint density at radius 2 is 1.78 bits per heavy atom. The van der Waals surface area contributed by atoms with E-state index in [2.05, 4.69) is 92.5 Å². The van der Waals surface area contributed by atoms with Crippen molar-refractivity contribution in [2.75, 3.05) is 19.6 Å². The van der Waals surface area contributed by atoms with E-state index in [0.717, 1.165) is 32.6 Å². The van der Waals surface area contributed by atoms with E-state index in [-0.39, 0.29) is 11.5 Å². The van der Waals surface area contributed by atoms with Crippen molar-refractivity contribution in [3.63, 3.8) is 0 Å². The molecule has 2 aromatic carbocycles. The molecule has 1 N–H and O–H groups in total. The molecule has 0 aliphatic carbocycles. The lowest BCUT2D eigenvalue weighted by Gasteiger charge is -2.46. The van der Waals surface area contributed by atoms with Gasteiger partial charge in [0.1, 0.15) is 5.78 Å². The number of rotatable bonds is 7. The molecule has 0 spiro atoms. The van der Waals surface area contributed by atoms with Gasteiger partial charge in [-0.2, -0.15) is 0 Å². The van der Waals surface area contributed by atoms with E-state index in [0.29, 0.717) is 30.0 Å². The summed E-state index contributed by atoms with van der Waals surface area (Å²) in [6, 6.07) is 19.5. The number of benzene rings is 2.